The number of carbonyl (C=O) groups excluding carboxylic acids is 1. The number of amides is 1. The number of hydrogen-bond acceptors (Lipinski definition) is 3. The Morgan fingerprint density at radius 1 is 1.00 bits per heavy atom. The van der Waals surface area contributed by atoms with Crippen LogP contribution in [0.5, 0.6) is 11.5 Å². The first kappa shape index (κ1) is 17.9. The number of rotatable bonds is 7. The maximum Gasteiger partial charge on any atom is 0.251 e. The third kappa shape index (κ3) is 4.51. The number of carbonyl (C=O) groups is 1. The topological polar surface area (TPSA) is 47.6 Å². The smallest absolute Gasteiger partial charge is 0.251 e. The lowest BCUT2D eigenvalue weighted by atomic mass is 10.0. The van der Waals surface area contributed by atoms with Crippen molar-refractivity contribution in [2.24, 2.45) is 0 Å². The summed E-state index contributed by atoms with van der Waals surface area (Å²) in [4.78, 5) is 12.3. The van der Waals surface area contributed by atoms with Crippen molar-refractivity contribution in [3.8, 4) is 11.5 Å². The van der Waals surface area contributed by atoms with E-state index in [-0.39, 0.29) is 5.91 Å². The molecule has 2 aromatic carbocycles. The average molecular weight is 327 g/mol. The third-order valence-corrected chi connectivity index (χ3v) is 4.01. The lowest BCUT2D eigenvalue weighted by Crippen LogP contribution is -2.25. The number of aryl methyl sites for hydroxylation is 3. The van der Waals surface area contributed by atoms with Crippen molar-refractivity contribution in [3.05, 3.63) is 58.7 Å². The molecule has 0 aliphatic carbocycles. The van der Waals surface area contributed by atoms with Crippen LogP contribution in [0.3, 0.4) is 0 Å². The molecule has 0 aromatic heterocycles. The number of hydrogen-bond donors (Lipinski definition) is 1. The van der Waals surface area contributed by atoms with E-state index in [4.69, 9.17) is 9.47 Å². The van der Waals surface area contributed by atoms with Gasteiger partial charge in [0.1, 0.15) is 0 Å². The van der Waals surface area contributed by atoms with Crippen LogP contribution in [0.1, 0.15) is 33.5 Å². The van der Waals surface area contributed by atoms with Crippen LogP contribution in [-0.4, -0.2) is 26.7 Å². The molecule has 0 bridgehead atoms. The van der Waals surface area contributed by atoms with Crippen LogP contribution in [0, 0.1) is 13.8 Å². The first-order valence-electron chi connectivity index (χ1n) is 8.11. The van der Waals surface area contributed by atoms with E-state index < -0.39 is 0 Å². The highest BCUT2D eigenvalue weighted by atomic mass is 16.5. The molecule has 0 atom stereocenters. The Morgan fingerprint density at radius 3 is 2.46 bits per heavy atom. The summed E-state index contributed by atoms with van der Waals surface area (Å²) in [5.41, 5.74) is 4.00. The zero-order valence-corrected chi connectivity index (χ0v) is 14.8. The van der Waals surface area contributed by atoms with E-state index >= 15 is 0 Å². The Kier molecular flexibility index (Phi) is 6.24. The summed E-state index contributed by atoms with van der Waals surface area (Å²) in [5, 5.41) is 2.99. The van der Waals surface area contributed by atoms with Gasteiger partial charge in [-0.25, -0.2) is 0 Å². The Hall–Kier alpha value is -2.49. The lowest BCUT2D eigenvalue weighted by molar-refractivity contribution is 0.0952. The van der Waals surface area contributed by atoms with Crippen LogP contribution in [-0.2, 0) is 6.42 Å². The molecule has 2 aromatic rings. The average Bonchev–Trinajstić information content (AvgIpc) is 2.60. The monoisotopic (exact) mass is 327 g/mol. The molecule has 24 heavy (non-hydrogen) atoms. The van der Waals surface area contributed by atoms with Gasteiger partial charge in [-0.05, 0) is 56.0 Å². The minimum atomic E-state index is -0.0106. The SMILES string of the molecule is COc1ccc(CCCNC(=O)c2cc(C)ccc2C)cc1OC. The molecular formula is C20H25NO3. The van der Waals surface area contributed by atoms with Gasteiger partial charge in [-0.1, -0.05) is 23.8 Å². The first-order valence-corrected chi connectivity index (χ1v) is 8.11. The van der Waals surface area contributed by atoms with Gasteiger partial charge in [0, 0.05) is 12.1 Å². The highest BCUT2D eigenvalue weighted by molar-refractivity contribution is 5.95. The molecule has 0 fully saturated rings. The Morgan fingerprint density at radius 2 is 1.75 bits per heavy atom. The van der Waals surface area contributed by atoms with Crippen LogP contribution in [0.25, 0.3) is 0 Å². The molecule has 0 aliphatic heterocycles. The number of nitrogens with one attached hydrogen (secondary N) is 1. The van der Waals surface area contributed by atoms with Crippen LogP contribution in [0.2, 0.25) is 0 Å². The zero-order valence-electron chi connectivity index (χ0n) is 14.8. The fourth-order valence-electron chi connectivity index (χ4n) is 2.61. The summed E-state index contributed by atoms with van der Waals surface area (Å²) >= 11 is 0. The summed E-state index contributed by atoms with van der Waals surface area (Å²) in [5.74, 6) is 1.45. The largest absolute Gasteiger partial charge is 0.493 e. The second-order valence-corrected chi connectivity index (χ2v) is 5.87. The van der Waals surface area contributed by atoms with E-state index in [9.17, 15) is 4.79 Å². The van der Waals surface area contributed by atoms with Crippen LogP contribution in [0.4, 0.5) is 0 Å². The predicted molar refractivity (Wildman–Crippen MR) is 96.1 cm³/mol. The third-order valence-electron chi connectivity index (χ3n) is 4.01. The highest BCUT2D eigenvalue weighted by Crippen LogP contribution is 2.27. The Labute approximate surface area is 143 Å². The molecule has 0 aliphatic rings. The van der Waals surface area contributed by atoms with E-state index in [1.807, 2.05) is 50.2 Å². The van der Waals surface area contributed by atoms with Crippen molar-refractivity contribution in [1.29, 1.82) is 0 Å². The molecule has 0 spiro atoms. The Balaban J connectivity index is 1.86. The molecule has 4 nitrogen and oxygen atoms in total. The Bertz CT molecular complexity index is 710. The van der Waals surface area contributed by atoms with Crippen LogP contribution >= 0.6 is 0 Å². The van der Waals surface area contributed by atoms with E-state index in [2.05, 4.69) is 5.32 Å². The summed E-state index contributed by atoms with van der Waals surface area (Å²) in [6.45, 7) is 4.59. The number of ether oxygens (including phenoxy) is 2. The highest BCUT2D eigenvalue weighted by Gasteiger charge is 2.09. The summed E-state index contributed by atoms with van der Waals surface area (Å²) in [6.07, 6.45) is 1.74. The summed E-state index contributed by atoms with van der Waals surface area (Å²) in [7, 11) is 3.26. The molecule has 1 N–H and O–H groups in total. The van der Waals surface area contributed by atoms with Crippen molar-refractivity contribution in [1.82, 2.24) is 5.32 Å². The van der Waals surface area contributed by atoms with Crippen LogP contribution in [0.15, 0.2) is 36.4 Å². The maximum atomic E-state index is 12.3. The molecule has 4 heteroatoms. The zero-order chi connectivity index (χ0) is 17.5. The molecule has 0 heterocycles. The quantitative estimate of drug-likeness (QED) is 0.789. The van der Waals surface area contributed by atoms with Crippen molar-refractivity contribution >= 4 is 5.91 Å². The number of benzene rings is 2. The minimum absolute atomic E-state index is 0.0106. The summed E-state index contributed by atoms with van der Waals surface area (Å²) < 4.78 is 10.5. The van der Waals surface area contributed by atoms with Gasteiger partial charge >= 0.3 is 0 Å². The normalized spacial score (nSPS) is 10.3. The second kappa shape index (κ2) is 8.39. The minimum Gasteiger partial charge on any atom is -0.493 e. The molecular weight excluding hydrogens is 302 g/mol. The van der Waals surface area contributed by atoms with E-state index in [0.717, 1.165) is 46.6 Å². The van der Waals surface area contributed by atoms with Gasteiger partial charge in [0.2, 0.25) is 0 Å². The molecule has 2 rings (SSSR count). The molecule has 0 saturated carbocycles. The molecule has 128 valence electrons. The van der Waals surface area contributed by atoms with E-state index in [0.29, 0.717) is 6.54 Å². The van der Waals surface area contributed by atoms with Gasteiger partial charge in [0.05, 0.1) is 14.2 Å². The second-order valence-electron chi connectivity index (χ2n) is 5.87. The summed E-state index contributed by atoms with van der Waals surface area (Å²) in [6, 6.07) is 11.8. The fourth-order valence-corrected chi connectivity index (χ4v) is 2.61. The first-order chi connectivity index (χ1) is 11.5. The van der Waals surface area contributed by atoms with Crippen LogP contribution < -0.4 is 14.8 Å². The van der Waals surface area contributed by atoms with Crippen molar-refractivity contribution in [2.75, 3.05) is 20.8 Å². The van der Waals surface area contributed by atoms with Gasteiger partial charge in [-0.15, -0.1) is 0 Å². The molecule has 0 saturated heterocycles. The fraction of sp³-hybridized carbons (Fsp3) is 0.350. The van der Waals surface area contributed by atoms with Gasteiger partial charge in [0.25, 0.3) is 5.91 Å². The molecule has 0 unspecified atom stereocenters. The maximum absolute atomic E-state index is 12.3. The van der Waals surface area contributed by atoms with Crippen molar-refractivity contribution in [3.63, 3.8) is 0 Å². The number of methoxy groups -OCH3 is 2. The lowest BCUT2D eigenvalue weighted by Gasteiger charge is -2.10. The van der Waals surface area contributed by atoms with Crippen molar-refractivity contribution < 1.29 is 14.3 Å². The molecule has 1 amide bonds. The van der Waals surface area contributed by atoms with Gasteiger partial charge in [-0.3, -0.25) is 4.79 Å². The van der Waals surface area contributed by atoms with E-state index in [1.54, 1.807) is 14.2 Å². The van der Waals surface area contributed by atoms with Crippen molar-refractivity contribution in [2.45, 2.75) is 26.7 Å². The molecule has 0 radical (unpaired) electrons. The van der Waals surface area contributed by atoms with Gasteiger partial charge in [0.15, 0.2) is 11.5 Å². The predicted octanol–water partition coefficient (Wildman–Crippen LogP) is 3.68. The van der Waals surface area contributed by atoms with Gasteiger partial charge in [-0.2, -0.15) is 0 Å². The van der Waals surface area contributed by atoms with E-state index in [1.165, 1.54) is 0 Å². The standard InChI is InChI=1S/C20H25NO3/c1-14-7-8-15(2)17(12-14)20(22)21-11-5-6-16-9-10-18(23-3)19(13-16)24-4/h7-10,12-13H,5-6,11H2,1-4H3,(H,21,22). The van der Waals surface area contributed by atoms with Gasteiger partial charge < -0.3 is 14.8 Å².